The molecule has 7 nitrogen and oxygen atoms in total. The average molecular weight is 480 g/mol. The van der Waals surface area contributed by atoms with Crippen molar-refractivity contribution >= 4 is 22.8 Å². The van der Waals surface area contributed by atoms with Gasteiger partial charge in [-0.2, -0.15) is 23.3 Å². The van der Waals surface area contributed by atoms with E-state index in [2.05, 4.69) is 15.5 Å². The molecule has 0 atom stereocenters. The van der Waals surface area contributed by atoms with Crippen LogP contribution in [0.15, 0.2) is 39.3 Å². The van der Waals surface area contributed by atoms with Crippen molar-refractivity contribution in [2.24, 2.45) is 16.1 Å². The number of likely N-dealkylation sites (tertiary alicyclic amines) is 1. The zero-order valence-corrected chi connectivity index (χ0v) is 19.1. The second kappa shape index (κ2) is 10.1. The summed E-state index contributed by atoms with van der Waals surface area (Å²) in [5.74, 6) is 0.582. The quantitative estimate of drug-likeness (QED) is 0.575. The summed E-state index contributed by atoms with van der Waals surface area (Å²) in [5, 5.41) is 14.4. The molecule has 0 aromatic heterocycles. The topological polar surface area (TPSA) is 97.9 Å². The Bertz CT molecular complexity index is 1020. The lowest BCUT2D eigenvalue weighted by atomic mass is 9.95. The minimum atomic E-state index is -4.52. The predicted octanol–water partition coefficient (Wildman–Crippen LogP) is 5.07. The number of carbonyl (C=O) groups is 1. The van der Waals surface area contributed by atoms with Crippen LogP contribution < -0.4 is 5.32 Å². The fourth-order valence-electron chi connectivity index (χ4n) is 3.64. The molecule has 3 rings (SSSR count). The van der Waals surface area contributed by atoms with E-state index in [-0.39, 0.29) is 35.4 Å². The molecule has 0 saturated carbocycles. The van der Waals surface area contributed by atoms with Crippen LogP contribution in [0.4, 0.5) is 18.0 Å². The van der Waals surface area contributed by atoms with Crippen LogP contribution in [0.1, 0.15) is 43.4 Å². The van der Waals surface area contributed by atoms with Crippen LogP contribution in [0.5, 0.6) is 0 Å². The molecule has 0 unspecified atom stereocenters. The van der Waals surface area contributed by atoms with Gasteiger partial charge >= 0.3 is 6.18 Å². The molecular formula is C22H24F3N5O2S. The second-order valence-corrected chi connectivity index (χ2v) is 9.72. The first-order chi connectivity index (χ1) is 15.5. The first kappa shape index (κ1) is 24.9. The van der Waals surface area contributed by atoms with Crippen molar-refractivity contribution in [3.05, 3.63) is 50.8 Å². The van der Waals surface area contributed by atoms with E-state index in [1.165, 1.54) is 12.1 Å². The molecule has 33 heavy (non-hydrogen) atoms. The van der Waals surface area contributed by atoms with Gasteiger partial charge in [0.15, 0.2) is 0 Å². The molecule has 2 aliphatic heterocycles. The van der Waals surface area contributed by atoms with Gasteiger partial charge in [0.25, 0.3) is 5.24 Å². The SMILES string of the molecule is CC(C)(CN=C1NC(=O)SC1=CC1CCN(Cc2ccc(C#N)cc2C(F)(F)F)CC1)N=O. The van der Waals surface area contributed by atoms with Gasteiger partial charge in [0.2, 0.25) is 0 Å². The number of amidine groups is 1. The van der Waals surface area contributed by atoms with E-state index in [1.54, 1.807) is 19.9 Å². The zero-order chi connectivity index (χ0) is 24.2. The highest BCUT2D eigenvalue weighted by Crippen LogP contribution is 2.34. The van der Waals surface area contributed by atoms with E-state index in [4.69, 9.17) is 5.26 Å². The standard InChI is InChI=1S/C22H24F3N5O2S/c1-21(2,29-32)13-27-19-18(33-20(31)28-19)10-14-5-7-30(8-6-14)12-16-4-3-15(11-26)9-17(16)22(23,24)25/h3-4,9-10,14H,5-8,12-13H2,1-2H3,(H,27,28,31). The molecule has 176 valence electrons. The summed E-state index contributed by atoms with van der Waals surface area (Å²) in [5.41, 5.74) is -1.51. The Kier molecular flexibility index (Phi) is 7.59. The van der Waals surface area contributed by atoms with Crippen molar-refractivity contribution in [1.82, 2.24) is 10.2 Å². The first-order valence-corrected chi connectivity index (χ1v) is 11.2. The van der Waals surface area contributed by atoms with Crippen LogP contribution >= 0.6 is 11.8 Å². The number of amides is 1. The lowest BCUT2D eigenvalue weighted by Crippen LogP contribution is -2.33. The molecule has 0 bridgehead atoms. The van der Waals surface area contributed by atoms with Crippen molar-refractivity contribution in [2.45, 2.75) is 44.9 Å². The number of hydrogen-bond donors (Lipinski definition) is 1. The van der Waals surface area contributed by atoms with Gasteiger partial charge < -0.3 is 5.32 Å². The lowest BCUT2D eigenvalue weighted by Gasteiger charge is -2.31. The van der Waals surface area contributed by atoms with Crippen LogP contribution in [0, 0.1) is 22.2 Å². The minimum absolute atomic E-state index is 0.0154. The summed E-state index contributed by atoms with van der Waals surface area (Å²) in [7, 11) is 0. The van der Waals surface area contributed by atoms with Crippen molar-refractivity contribution < 1.29 is 18.0 Å². The monoisotopic (exact) mass is 479 g/mol. The number of aliphatic imine (C=N–C) groups is 1. The number of hydrogen-bond acceptors (Lipinski definition) is 7. The number of rotatable bonds is 6. The zero-order valence-electron chi connectivity index (χ0n) is 18.3. The molecule has 0 spiro atoms. The van der Waals surface area contributed by atoms with Gasteiger partial charge in [-0.15, -0.1) is 0 Å². The second-order valence-electron chi connectivity index (χ2n) is 8.71. The lowest BCUT2D eigenvalue weighted by molar-refractivity contribution is -0.138. The molecular weight excluding hydrogens is 455 g/mol. The number of nitroso groups, excluding NO2 is 1. The highest BCUT2D eigenvalue weighted by molar-refractivity contribution is 8.18. The molecule has 1 aromatic rings. The third-order valence-electron chi connectivity index (χ3n) is 5.49. The van der Waals surface area contributed by atoms with Gasteiger partial charge in [0.1, 0.15) is 11.4 Å². The van der Waals surface area contributed by atoms with Gasteiger partial charge in [-0.25, -0.2) is 0 Å². The van der Waals surface area contributed by atoms with E-state index < -0.39 is 17.3 Å². The van der Waals surface area contributed by atoms with Crippen molar-refractivity contribution in [3.63, 3.8) is 0 Å². The van der Waals surface area contributed by atoms with Gasteiger partial charge in [0, 0.05) is 6.54 Å². The van der Waals surface area contributed by atoms with Gasteiger partial charge in [-0.05, 0) is 75.2 Å². The highest BCUT2D eigenvalue weighted by Gasteiger charge is 2.34. The Morgan fingerprint density at radius 2 is 2.00 bits per heavy atom. The molecule has 0 aliphatic carbocycles. The molecule has 1 amide bonds. The summed E-state index contributed by atoms with van der Waals surface area (Å²) >= 11 is 1.04. The molecule has 1 N–H and O–H groups in total. The van der Waals surface area contributed by atoms with E-state index in [1.807, 2.05) is 11.0 Å². The Hall–Kier alpha value is -2.71. The van der Waals surface area contributed by atoms with Crippen LogP contribution in [0.25, 0.3) is 0 Å². The number of thioether (sulfide) groups is 1. The maximum Gasteiger partial charge on any atom is 0.416 e. The predicted molar refractivity (Wildman–Crippen MR) is 121 cm³/mol. The minimum Gasteiger partial charge on any atom is -0.300 e. The Labute approximate surface area is 194 Å². The van der Waals surface area contributed by atoms with E-state index in [0.29, 0.717) is 23.8 Å². The van der Waals surface area contributed by atoms with Crippen LogP contribution in [-0.4, -0.2) is 41.1 Å². The fourth-order valence-corrected chi connectivity index (χ4v) is 4.46. The normalized spacial score (nSPS) is 20.8. The first-order valence-electron chi connectivity index (χ1n) is 10.4. The Morgan fingerprint density at radius 3 is 2.61 bits per heavy atom. The van der Waals surface area contributed by atoms with Crippen molar-refractivity contribution in [3.8, 4) is 6.07 Å². The smallest absolute Gasteiger partial charge is 0.300 e. The number of nitriles is 1. The van der Waals surface area contributed by atoms with E-state index >= 15 is 0 Å². The summed E-state index contributed by atoms with van der Waals surface area (Å²) < 4.78 is 40.3. The number of carbonyl (C=O) groups excluding carboxylic acids is 1. The number of nitrogens with zero attached hydrogens (tertiary/aromatic N) is 4. The largest absolute Gasteiger partial charge is 0.416 e. The maximum absolute atomic E-state index is 13.4. The average Bonchev–Trinajstić information content (AvgIpc) is 3.12. The third kappa shape index (κ3) is 6.65. The summed E-state index contributed by atoms with van der Waals surface area (Å²) in [6.07, 6.45) is -1.09. The van der Waals surface area contributed by atoms with Crippen LogP contribution in [-0.2, 0) is 12.7 Å². The Balaban J connectivity index is 1.65. The summed E-state index contributed by atoms with van der Waals surface area (Å²) in [6, 6.07) is 5.44. The number of benzene rings is 1. The summed E-state index contributed by atoms with van der Waals surface area (Å²) in [6.45, 7) is 4.82. The van der Waals surface area contributed by atoms with Crippen molar-refractivity contribution in [2.75, 3.05) is 19.6 Å². The summed E-state index contributed by atoms with van der Waals surface area (Å²) in [4.78, 5) is 29.7. The van der Waals surface area contributed by atoms with E-state index in [0.717, 1.165) is 30.7 Å². The molecule has 2 heterocycles. The fraction of sp³-hybridized carbons (Fsp3) is 0.500. The maximum atomic E-state index is 13.4. The number of piperidine rings is 1. The van der Waals surface area contributed by atoms with Crippen LogP contribution in [0.3, 0.4) is 0 Å². The van der Waals surface area contributed by atoms with Gasteiger partial charge in [0.05, 0.1) is 28.6 Å². The number of halogens is 3. The molecule has 0 radical (unpaired) electrons. The van der Waals surface area contributed by atoms with Crippen LogP contribution in [0.2, 0.25) is 0 Å². The molecule has 11 heteroatoms. The highest BCUT2D eigenvalue weighted by atomic mass is 32.2. The Morgan fingerprint density at radius 1 is 1.30 bits per heavy atom. The van der Waals surface area contributed by atoms with E-state index in [9.17, 15) is 22.9 Å². The number of alkyl halides is 3. The number of nitrogens with one attached hydrogen (secondary N) is 1. The third-order valence-corrected chi connectivity index (χ3v) is 6.32. The number of allylic oxidation sites excluding steroid dienone is 1. The molecule has 2 fully saturated rings. The molecule has 2 aliphatic rings. The van der Waals surface area contributed by atoms with Crippen molar-refractivity contribution in [1.29, 1.82) is 5.26 Å². The molecule has 2 saturated heterocycles. The van der Waals surface area contributed by atoms with Gasteiger partial charge in [-0.1, -0.05) is 17.3 Å². The van der Waals surface area contributed by atoms with Gasteiger partial charge in [-0.3, -0.25) is 14.7 Å². The molecule has 1 aromatic carbocycles.